The highest BCUT2D eigenvalue weighted by Crippen LogP contribution is 2.14. The highest BCUT2D eigenvalue weighted by Gasteiger charge is 2.12. The zero-order chi connectivity index (χ0) is 8.97. The number of aromatic nitrogens is 2. The number of rotatable bonds is 3. The monoisotopic (exact) mass is 168 g/mol. The molecule has 0 amide bonds. The van der Waals surface area contributed by atoms with Crippen LogP contribution in [0.4, 0.5) is 4.79 Å². The Bertz CT molecular complexity index is 268. The van der Waals surface area contributed by atoms with E-state index in [9.17, 15) is 4.79 Å². The maximum atomic E-state index is 10.2. The highest BCUT2D eigenvalue weighted by molar-refractivity contribution is 5.57. The maximum Gasteiger partial charge on any atom is 0.506 e. The Morgan fingerprint density at radius 3 is 3.08 bits per heavy atom. The number of hydrogen-bond acceptors (Lipinski definition) is 3. The molecule has 0 aliphatic carbocycles. The van der Waals surface area contributed by atoms with Crippen molar-refractivity contribution in [3.63, 3.8) is 0 Å². The predicted octanol–water partition coefficient (Wildman–Crippen LogP) is 1.33. The van der Waals surface area contributed by atoms with Gasteiger partial charge in [0.1, 0.15) is 0 Å². The van der Waals surface area contributed by atoms with Gasteiger partial charge in [0.05, 0.1) is 5.69 Å². The fraction of sp³-hybridized carbons (Fsp3) is 0.143. The molecule has 0 spiro atoms. The molecule has 0 aromatic carbocycles. The van der Waals surface area contributed by atoms with Crippen molar-refractivity contribution in [2.24, 2.45) is 0 Å². The molecule has 5 nitrogen and oxygen atoms in total. The zero-order valence-electron chi connectivity index (χ0n) is 6.23. The molecule has 0 aliphatic rings. The quantitative estimate of drug-likeness (QED) is 0.527. The minimum atomic E-state index is -1.34. The van der Waals surface area contributed by atoms with E-state index in [4.69, 9.17) is 5.11 Å². The third-order valence-corrected chi connectivity index (χ3v) is 1.27. The van der Waals surface area contributed by atoms with Gasteiger partial charge in [-0.05, 0) is 12.1 Å². The summed E-state index contributed by atoms with van der Waals surface area (Å²) in [5.41, 5.74) is 0.562. The van der Waals surface area contributed by atoms with Gasteiger partial charge in [-0.25, -0.2) is 4.79 Å². The molecular weight excluding hydrogens is 160 g/mol. The fourth-order valence-electron chi connectivity index (χ4n) is 0.772. The van der Waals surface area contributed by atoms with Crippen molar-refractivity contribution in [3.8, 4) is 0 Å². The molecule has 1 unspecified atom stereocenters. The first kappa shape index (κ1) is 8.32. The smallest absolute Gasteiger partial charge is 0.450 e. The van der Waals surface area contributed by atoms with Gasteiger partial charge in [-0.1, -0.05) is 6.58 Å². The largest absolute Gasteiger partial charge is 0.506 e. The number of H-pyrrole nitrogens is 1. The number of ether oxygens (including phenoxy) is 1. The molecule has 0 aliphatic heterocycles. The standard InChI is InChI=1S/C7H8N2O3/c1-2-6(12-7(10)11)5-3-4-8-9-5/h2-4,6H,1H2,(H,8,9)(H,10,11). The van der Waals surface area contributed by atoms with Crippen LogP contribution in [0.15, 0.2) is 24.9 Å². The minimum absolute atomic E-state index is 0.562. The molecule has 1 aromatic heterocycles. The molecule has 2 N–H and O–H groups in total. The van der Waals surface area contributed by atoms with E-state index in [1.807, 2.05) is 0 Å². The van der Waals surface area contributed by atoms with E-state index in [-0.39, 0.29) is 0 Å². The first-order chi connectivity index (χ1) is 5.74. The van der Waals surface area contributed by atoms with Crippen LogP contribution in [-0.2, 0) is 4.74 Å². The second kappa shape index (κ2) is 3.56. The lowest BCUT2D eigenvalue weighted by Crippen LogP contribution is -2.07. The Morgan fingerprint density at radius 2 is 2.67 bits per heavy atom. The molecule has 1 aromatic rings. The molecule has 1 atom stereocenters. The number of hydrogen-bond donors (Lipinski definition) is 2. The normalized spacial score (nSPS) is 12.0. The van der Waals surface area contributed by atoms with Crippen LogP contribution in [0.5, 0.6) is 0 Å². The van der Waals surface area contributed by atoms with Crippen molar-refractivity contribution in [1.82, 2.24) is 10.2 Å². The summed E-state index contributed by atoms with van der Waals surface area (Å²) in [5, 5.41) is 14.5. The summed E-state index contributed by atoms with van der Waals surface area (Å²) in [4.78, 5) is 10.2. The average Bonchev–Trinajstić information content (AvgIpc) is 2.51. The Hall–Kier alpha value is -1.78. The molecule has 0 fully saturated rings. The summed E-state index contributed by atoms with van der Waals surface area (Å²) in [6, 6.07) is 1.62. The van der Waals surface area contributed by atoms with Gasteiger partial charge < -0.3 is 9.84 Å². The van der Waals surface area contributed by atoms with Gasteiger partial charge in [0, 0.05) is 6.20 Å². The first-order valence-corrected chi connectivity index (χ1v) is 3.25. The molecule has 64 valence electrons. The topological polar surface area (TPSA) is 75.2 Å². The molecule has 1 rings (SSSR count). The number of carbonyl (C=O) groups is 1. The minimum Gasteiger partial charge on any atom is -0.450 e. The summed E-state index contributed by atoms with van der Waals surface area (Å²) in [7, 11) is 0. The van der Waals surface area contributed by atoms with E-state index in [1.54, 1.807) is 6.07 Å². The molecule has 12 heavy (non-hydrogen) atoms. The number of nitrogens with zero attached hydrogens (tertiary/aromatic N) is 1. The van der Waals surface area contributed by atoms with Crippen LogP contribution in [0.2, 0.25) is 0 Å². The predicted molar refractivity (Wildman–Crippen MR) is 40.6 cm³/mol. The van der Waals surface area contributed by atoms with Gasteiger partial charge in [0.25, 0.3) is 0 Å². The summed E-state index contributed by atoms with van der Waals surface area (Å²) in [6.45, 7) is 3.43. The molecule has 0 radical (unpaired) electrons. The lowest BCUT2D eigenvalue weighted by atomic mass is 10.2. The van der Waals surface area contributed by atoms with Crippen LogP contribution in [-0.4, -0.2) is 21.5 Å². The Morgan fingerprint density at radius 1 is 1.92 bits per heavy atom. The van der Waals surface area contributed by atoms with Gasteiger partial charge in [0.2, 0.25) is 0 Å². The van der Waals surface area contributed by atoms with Crippen molar-refractivity contribution in [1.29, 1.82) is 0 Å². The highest BCUT2D eigenvalue weighted by atomic mass is 16.7. The molecule has 0 saturated heterocycles. The maximum absolute atomic E-state index is 10.2. The SMILES string of the molecule is C=CC(OC(=O)O)c1ccn[nH]1. The Balaban J connectivity index is 2.69. The third kappa shape index (κ3) is 1.85. The van der Waals surface area contributed by atoms with Crippen LogP contribution in [0.1, 0.15) is 11.8 Å². The van der Waals surface area contributed by atoms with E-state index in [0.29, 0.717) is 5.69 Å². The van der Waals surface area contributed by atoms with Crippen LogP contribution in [0.25, 0.3) is 0 Å². The van der Waals surface area contributed by atoms with E-state index in [0.717, 1.165) is 0 Å². The van der Waals surface area contributed by atoms with Crippen molar-refractivity contribution >= 4 is 6.16 Å². The van der Waals surface area contributed by atoms with Crippen LogP contribution in [0, 0.1) is 0 Å². The van der Waals surface area contributed by atoms with Gasteiger partial charge in [0.15, 0.2) is 6.10 Å². The summed E-state index contributed by atoms with van der Waals surface area (Å²) < 4.78 is 4.47. The van der Waals surface area contributed by atoms with Crippen LogP contribution < -0.4 is 0 Å². The van der Waals surface area contributed by atoms with Gasteiger partial charge in [-0.2, -0.15) is 5.10 Å². The molecular formula is C7H8N2O3. The number of carboxylic acid groups (broad SMARTS) is 1. The second-order valence-electron chi connectivity index (χ2n) is 2.05. The third-order valence-electron chi connectivity index (χ3n) is 1.27. The van der Waals surface area contributed by atoms with E-state index in [1.165, 1.54) is 12.3 Å². The summed E-state index contributed by atoms with van der Waals surface area (Å²) in [5.74, 6) is 0. The van der Waals surface area contributed by atoms with Gasteiger partial charge in [-0.3, -0.25) is 5.10 Å². The molecule has 0 bridgehead atoms. The lowest BCUT2D eigenvalue weighted by molar-refractivity contribution is 0.0676. The average molecular weight is 168 g/mol. The summed E-state index contributed by atoms with van der Waals surface area (Å²) in [6.07, 6.45) is 0.873. The van der Waals surface area contributed by atoms with E-state index < -0.39 is 12.3 Å². The molecule has 1 heterocycles. The van der Waals surface area contributed by atoms with Crippen molar-refractivity contribution < 1.29 is 14.6 Å². The van der Waals surface area contributed by atoms with Gasteiger partial charge in [-0.15, -0.1) is 0 Å². The van der Waals surface area contributed by atoms with Crippen molar-refractivity contribution in [2.45, 2.75) is 6.10 Å². The molecule has 0 saturated carbocycles. The Kier molecular flexibility index (Phi) is 2.47. The van der Waals surface area contributed by atoms with E-state index >= 15 is 0 Å². The molecule has 5 heteroatoms. The number of nitrogens with one attached hydrogen (secondary N) is 1. The van der Waals surface area contributed by atoms with Crippen LogP contribution in [0.3, 0.4) is 0 Å². The first-order valence-electron chi connectivity index (χ1n) is 3.25. The van der Waals surface area contributed by atoms with E-state index in [2.05, 4.69) is 21.5 Å². The van der Waals surface area contributed by atoms with Crippen molar-refractivity contribution in [2.75, 3.05) is 0 Å². The fourth-order valence-corrected chi connectivity index (χ4v) is 0.772. The van der Waals surface area contributed by atoms with Crippen LogP contribution >= 0.6 is 0 Å². The lowest BCUT2D eigenvalue weighted by Gasteiger charge is -2.07. The second-order valence-corrected chi connectivity index (χ2v) is 2.05. The zero-order valence-corrected chi connectivity index (χ0v) is 6.23. The number of aromatic amines is 1. The van der Waals surface area contributed by atoms with Gasteiger partial charge >= 0.3 is 6.16 Å². The summed E-state index contributed by atoms with van der Waals surface area (Å²) >= 11 is 0. The Labute approximate surface area is 68.7 Å². The van der Waals surface area contributed by atoms with Crippen molar-refractivity contribution in [3.05, 3.63) is 30.6 Å².